The standard InChI is InChI=1S/C13H19NO2/c1-2-3-6-11(14)10-5-4-7-12-13(10)16-9-8-15-12/h4-5,7,11H,2-3,6,8-9,14H2,1H3. The summed E-state index contributed by atoms with van der Waals surface area (Å²) in [7, 11) is 0. The van der Waals surface area contributed by atoms with Crippen LogP contribution in [0.5, 0.6) is 11.5 Å². The molecule has 1 atom stereocenters. The van der Waals surface area contributed by atoms with Crippen LogP contribution in [0.4, 0.5) is 0 Å². The zero-order valence-electron chi connectivity index (χ0n) is 9.74. The predicted molar refractivity (Wildman–Crippen MR) is 63.9 cm³/mol. The molecule has 0 fully saturated rings. The monoisotopic (exact) mass is 221 g/mol. The molecule has 0 aromatic heterocycles. The third-order valence-electron chi connectivity index (χ3n) is 2.86. The smallest absolute Gasteiger partial charge is 0.166 e. The van der Waals surface area contributed by atoms with Gasteiger partial charge in [0.15, 0.2) is 11.5 Å². The van der Waals surface area contributed by atoms with E-state index in [1.165, 1.54) is 6.42 Å². The van der Waals surface area contributed by atoms with Crippen LogP contribution in [-0.2, 0) is 0 Å². The molecule has 1 aliphatic rings. The van der Waals surface area contributed by atoms with Gasteiger partial charge in [0.1, 0.15) is 13.2 Å². The van der Waals surface area contributed by atoms with E-state index in [0.717, 1.165) is 29.9 Å². The van der Waals surface area contributed by atoms with Gasteiger partial charge in [-0.1, -0.05) is 31.9 Å². The molecule has 0 saturated heterocycles. The maximum absolute atomic E-state index is 6.17. The molecule has 1 heterocycles. The highest BCUT2D eigenvalue weighted by atomic mass is 16.6. The molecule has 2 rings (SSSR count). The third kappa shape index (κ3) is 2.30. The third-order valence-corrected chi connectivity index (χ3v) is 2.86. The molecule has 3 heteroatoms. The Morgan fingerprint density at radius 2 is 2.12 bits per heavy atom. The quantitative estimate of drug-likeness (QED) is 0.850. The van der Waals surface area contributed by atoms with E-state index < -0.39 is 0 Å². The molecule has 0 aliphatic carbocycles. The van der Waals surface area contributed by atoms with Crippen LogP contribution in [0.2, 0.25) is 0 Å². The van der Waals surface area contributed by atoms with Crippen LogP contribution in [0.1, 0.15) is 37.8 Å². The largest absolute Gasteiger partial charge is 0.486 e. The number of rotatable bonds is 4. The van der Waals surface area contributed by atoms with Gasteiger partial charge in [0.05, 0.1) is 0 Å². The topological polar surface area (TPSA) is 44.5 Å². The molecule has 1 aliphatic heterocycles. The number of benzene rings is 1. The van der Waals surface area contributed by atoms with E-state index in [-0.39, 0.29) is 6.04 Å². The van der Waals surface area contributed by atoms with Gasteiger partial charge < -0.3 is 15.2 Å². The van der Waals surface area contributed by atoms with Gasteiger partial charge in [-0.05, 0) is 12.5 Å². The first-order chi connectivity index (χ1) is 7.83. The molecule has 0 saturated carbocycles. The number of hydrogen-bond acceptors (Lipinski definition) is 3. The molecular weight excluding hydrogens is 202 g/mol. The highest BCUT2D eigenvalue weighted by Gasteiger charge is 2.19. The van der Waals surface area contributed by atoms with Crippen LogP contribution < -0.4 is 15.2 Å². The lowest BCUT2D eigenvalue weighted by Crippen LogP contribution is -2.19. The predicted octanol–water partition coefficient (Wildman–Crippen LogP) is 2.65. The van der Waals surface area contributed by atoms with E-state index in [4.69, 9.17) is 15.2 Å². The fourth-order valence-electron chi connectivity index (χ4n) is 1.97. The van der Waals surface area contributed by atoms with Gasteiger partial charge in [-0.25, -0.2) is 0 Å². The molecule has 3 nitrogen and oxygen atoms in total. The average molecular weight is 221 g/mol. The van der Waals surface area contributed by atoms with Crippen molar-refractivity contribution in [1.29, 1.82) is 0 Å². The van der Waals surface area contributed by atoms with Gasteiger partial charge in [-0.3, -0.25) is 0 Å². The van der Waals surface area contributed by atoms with E-state index in [2.05, 4.69) is 6.92 Å². The van der Waals surface area contributed by atoms with E-state index in [1.54, 1.807) is 0 Å². The maximum Gasteiger partial charge on any atom is 0.166 e. The van der Waals surface area contributed by atoms with Gasteiger partial charge in [0, 0.05) is 11.6 Å². The fourth-order valence-corrected chi connectivity index (χ4v) is 1.97. The van der Waals surface area contributed by atoms with Crippen LogP contribution in [0.3, 0.4) is 0 Å². The number of fused-ring (bicyclic) bond motifs is 1. The SMILES string of the molecule is CCCCC(N)c1cccc2c1OCCO2. The number of ether oxygens (including phenoxy) is 2. The lowest BCUT2D eigenvalue weighted by atomic mass is 10.0. The molecule has 1 aromatic carbocycles. The zero-order chi connectivity index (χ0) is 11.4. The molecule has 1 aromatic rings. The summed E-state index contributed by atoms with van der Waals surface area (Å²) in [6.07, 6.45) is 3.31. The summed E-state index contributed by atoms with van der Waals surface area (Å²) in [5.74, 6) is 1.67. The van der Waals surface area contributed by atoms with Crippen molar-refractivity contribution in [3.05, 3.63) is 23.8 Å². The van der Waals surface area contributed by atoms with Crippen LogP contribution in [-0.4, -0.2) is 13.2 Å². The normalized spacial score (nSPS) is 15.9. The molecular formula is C13H19NO2. The number of para-hydroxylation sites is 1. The van der Waals surface area contributed by atoms with Crippen LogP contribution in [0, 0.1) is 0 Å². The van der Waals surface area contributed by atoms with Crippen LogP contribution in [0.25, 0.3) is 0 Å². The summed E-state index contributed by atoms with van der Waals surface area (Å²) in [6.45, 7) is 3.41. The Morgan fingerprint density at radius 3 is 2.94 bits per heavy atom. The van der Waals surface area contributed by atoms with Gasteiger partial charge in [-0.15, -0.1) is 0 Å². The van der Waals surface area contributed by atoms with Crippen LogP contribution in [0.15, 0.2) is 18.2 Å². The second-order valence-electron chi connectivity index (χ2n) is 4.12. The van der Waals surface area contributed by atoms with Crippen LogP contribution >= 0.6 is 0 Å². The Bertz CT molecular complexity index is 352. The van der Waals surface area contributed by atoms with Crippen molar-refractivity contribution in [1.82, 2.24) is 0 Å². The number of unbranched alkanes of at least 4 members (excludes halogenated alkanes) is 1. The molecule has 0 bridgehead atoms. The van der Waals surface area contributed by atoms with Gasteiger partial charge in [0.25, 0.3) is 0 Å². The minimum atomic E-state index is 0.0524. The van der Waals surface area contributed by atoms with Crippen molar-refractivity contribution < 1.29 is 9.47 Å². The summed E-state index contributed by atoms with van der Waals surface area (Å²) < 4.78 is 11.2. The summed E-state index contributed by atoms with van der Waals surface area (Å²) in [5.41, 5.74) is 7.24. The Kier molecular flexibility index (Phi) is 3.67. The summed E-state index contributed by atoms with van der Waals surface area (Å²) in [5, 5.41) is 0. The molecule has 16 heavy (non-hydrogen) atoms. The Labute approximate surface area is 96.5 Å². The molecule has 2 N–H and O–H groups in total. The Hall–Kier alpha value is -1.22. The van der Waals surface area contributed by atoms with Gasteiger partial charge in [0.2, 0.25) is 0 Å². The molecule has 0 radical (unpaired) electrons. The molecule has 0 amide bonds. The lowest BCUT2D eigenvalue weighted by Gasteiger charge is -2.23. The van der Waals surface area contributed by atoms with E-state index in [9.17, 15) is 0 Å². The first kappa shape index (κ1) is 11.3. The zero-order valence-corrected chi connectivity index (χ0v) is 9.74. The maximum atomic E-state index is 6.17. The molecule has 0 spiro atoms. The minimum absolute atomic E-state index is 0.0524. The van der Waals surface area contributed by atoms with Crippen molar-refractivity contribution in [2.75, 3.05) is 13.2 Å². The highest BCUT2D eigenvalue weighted by Crippen LogP contribution is 2.37. The van der Waals surface area contributed by atoms with Crippen molar-refractivity contribution in [3.63, 3.8) is 0 Å². The van der Waals surface area contributed by atoms with Gasteiger partial charge in [-0.2, -0.15) is 0 Å². The Balaban J connectivity index is 2.19. The van der Waals surface area contributed by atoms with E-state index in [1.807, 2.05) is 18.2 Å². The molecule has 88 valence electrons. The summed E-state index contributed by atoms with van der Waals surface area (Å²) >= 11 is 0. The summed E-state index contributed by atoms with van der Waals surface area (Å²) in [6, 6.07) is 6.00. The van der Waals surface area contributed by atoms with E-state index >= 15 is 0 Å². The first-order valence-electron chi connectivity index (χ1n) is 5.97. The number of nitrogens with two attached hydrogens (primary N) is 1. The van der Waals surface area contributed by atoms with Crippen molar-refractivity contribution in [2.24, 2.45) is 5.73 Å². The molecule has 1 unspecified atom stereocenters. The summed E-state index contributed by atoms with van der Waals surface area (Å²) in [4.78, 5) is 0. The highest BCUT2D eigenvalue weighted by molar-refractivity contribution is 5.48. The second kappa shape index (κ2) is 5.21. The second-order valence-corrected chi connectivity index (χ2v) is 4.12. The van der Waals surface area contributed by atoms with Gasteiger partial charge >= 0.3 is 0 Å². The van der Waals surface area contributed by atoms with Crippen molar-refractivity contribution >= 4 is 0 Å². The number of hydrogen-bond donors (Lipinski definition) is 1. The van der Waals surface area contributed by atoms with E-state index in [0.29, 0.717) is 13.2 Å². The lowest BCUT2D eigenvalue weighted by molar-refractivity contribution is 0.169. The minimum Gasteiger partial charge on any atom is -0.486 e. The fraction of sp³-hybridized carbons (Fsp3) is 0.538. The first-order valence-corrected chi connectivity index (χ1v) is 5.97. The Morgan fingerprint density at radius 1 is 1.31 bits per heavy atom. The van der Waals surface area contributed by atoms with Crippen molar-refractivity contribution in [3.8, 4) is 11.5 Å². The van der Waals surface area contributed by atoms with Crippen molar-refractivity contribution in [2.45, 2.75) is 32.2 Å². The average Bonchev–Trinajstić information content (AvgIpc) is 2.35.